The molecule has 10 nitrogen and oxygen atoms in total. The molecule has 3 N–H and O–H groups in total. The van der Waals surface area contributed by atoms with Crippen LogP contribution < -0.4 is 31.1 Å². The van der Waals surface area contributed by atoms with Crippen LogP contribution in [0.4, 0.5) is 35.9 Å². The van der Waals surface area contributed by atoms with Gasteiger partial charge in [-0.05, 0) is 62.4 Å². The van der Waals surface area contributed by atoms with Crippen molar-refractivity contribution in [2.45, 2.75) is 20.0 Å². The van der Waals surface area contributed by atoms with Gasteiger partial charge >= 0.3 is 6.18 Å². The van der Waals surface area contributed by atoms with E-state index >= 15 is 0 Å². The van der Waals surface area contributed by atoms with Crippen molar-refractivity contribution >= 4 is 34.4 Å². The van der Waals surface area contributed by atoms with Crippen LogP contribution in [0, 0.1) is 13.8 Å². The van der Waals surface area contributed by atoms with E-state index in [2.05, 4.69) is 37.1 Å². The average molecular weight is 623 g/mol. The number of hydrogen-bond donors (Lipinski definition) is 3. The number of carbonyl (C=O) groups is 1. The maximum absolute atomic E-state index is 14.1. The van der Waals surface area contributed by atoms with E-state index < -0.39 is 17.6 Å². The van der Waals surface area contributed by atoms with Crippen molar-refractivity contribution in [2.24, 2.45) is 0 Å². The Morgan fingerprint density at radius 1 is 0.933 bits per heavy atom. The fraction of sp³-hybridized carbons (Fsp3) is 0.375. The number of ether oxygens (including phenoxy) is 1. The third-order valence-electron chi connectivity index (χ3n) is 8.50. The first-order valence-electron chi connectivity index (χ1n) is 14.9. The summed E-state index contributed by atoms with van der Waals surface area (Å²) in [7, 11) is 1.98. The van der Waals surface area contributed by atoms with Crippen molar-refractivity contribution in [1.82, 2.24) is 20.8 Å². The molecule has 0 atom stereocenters. The number of hydrazine groups is 2. The number of benzene rings is 2. The highest BCUT2D eigenvalue weighted by atomic mass is 19.4. The molecule has 1 amide bonds. The predicted octanol–water partition coefficient (Wildman–Crippen LogP) is 4.39. The van der Waals surface area contributed by atoms with Crippen LogP contribution in [-0.4, -0.2) is 75.3 Å². The van der Waals surface area contributed by atoms with Gasteiger partial charge in [-0.3, -0.25) is 14.8 Å². The van der Waals surface area contributed by atoms with Crippen molar-refractivity contribution in [2.75, 3.05) is 79.7 Å². The molecule has 2 fully saturated rings. The second kappa shape index (κ2) is 12.6. The van der Waals surface area contributed by atoms with E-state index in [1.807, 2.05) is 37.3 Å². The van der Waals surface area contributed by atoms with E-state index in [1.165, 1.54) is 6.92 Å². The highest BCUT2D eigenvalue weighted by Gasteiger charge is 2.35. The Hall–Kier alpha value is -4.33. The van der Waals surface area contributed by atoms with Gasteiger partial charge in [0.15, 0.2) is 0 Å². The van der Waals surface area contributed by atoms with E-state index in [4.69, 9.17) is 4.74 Å². The molecule has 0 spiro atoms. The van der Waals surface area contributed by atoms with Crippen molar-refractivity contribution in [3.63, 3.8) is 0 Å². The monoisotopic (exact) mass is 622 g/mol. The van der Waals surface area contributed by atoms with Crippen LogP contribution in [0.25, 0.3) is 5.70 Å². The minimum atomic E-state index is -4.59. The maximum atomic E-state index is 14.1. The number of nitrogens with one attached hydrogen (secondary N) is 3. The quantitative estimate of drug-likeness (QED) is 0.371. The molecule has 2 saturated heterocycles. The summed E-state index contributed by atoms with van der Waals surface area (Å²) in [5, 5.41) is 4.61. The van der Waals surface area contributed by atoms with Gasteiger partial charge in [-0.15, -0.1) is 5.53 Å². The number of anilines is 4. The summed E-state index contributed by atoms with van der Waals surface area (Å²) in [6.07, 6.45) is 0.927. The number of nitrogens with zero attached hydrogens (tertiary/aromatic N) is 5. The Morgan fingerprint density at radius 3 is 2.42 bits per heavy atom. The minimum Gasteiger partial charge on any atom is -0.378 e. The number of morpholine rings is 1. The Kier molecular flexibility index (Phi) is 8.58. The van der Waals surface area contributed by atoms with Gasteiger partial charge < -0.3 is 30.2 Å². The lowest BCUT2D eigenvalue weighted by molar-refractivity contribution is -0.138. The lowest BCUT2D eigenvalue weighted by Gasteiger charge is -2.35. The van der Waals surface area contributed by atoms with Gasteiger partial charge in [-0.2, -0.15) is 13.2 Å². The zero-order valence-corrected chi connectivity index (χ0v) is 25.5. The molecule has 0 bridgehead atoms. The molecule has 0 saturated carbocycles. The molecule has 13 heteroatoms. The van der Waals surface area contributed by atoms with Crippen molar-refractivity contribution in [3.05, 3.63) is 82.8 Å². The number of pyridine rings is 1. The van der Waals surface area contributed by atoms with Gasteiger partial charge in [-0.25, -0.2) is 0 Å². The zero-order valence-electron chi connectivity index (χ0n) is 25.5. The number of halogens is 3. The van der Waals surface area contributed by atoms with Gasteiger partial charge in [0, 0.05) is 74.2 Å². The molecule has 4 heterocycles. The van der Waals surface area contributed by atoms with Crippen LogP contribution in [0.2, 0.25) is 0 Å². The van der Waals surface area contributed by atoms with Crippen molar-refractivity contribution in [1.29, 1.82) is 0 Å². The summed E-state index contributed by atoms with van der Waals surface area (Å²) < 4.78 is 47.7. The number of carbonyl (C=O) groups excluding carboxylic acids is 1. The number of aromatic nitrogens is 1. The predicted molar refractivity (Wildman–Crippen MR) is 169 cm³/mol. The van der Waals surface area contributed by atoms with E-state index in [0.717, 1.165) is 60.4 Å². The van der Waals surface area contributed by atoms with Crippen LogP contribution in [0.1, 0.15) is 32.6 Å². The lowest BCUT2D eigenvalue weighted by Crippen LogP contribution is -2.45. The molecule has 0 radical (unpaired) electrons. The van der Waals surface area contributed by atoms with Crippen LogP contribution in [0.3, 0.4) is 0 Å². The normalized spacial score (nSPS) is 17.7. The number of piperazine rings is 1. The summed E-state index contributed by atoms with van der Waals surface area (Å²) >= 11 is 0. The number of aryl methyl sites for hydroxylation is 1. The van der Waals surface area contributed by atoms with Crippen LogP contribution in [-0.2, 0) is 10.9 Å². The second-order valence-corrected chi connectivity index (χ2v) is 11.6. The number of hydrogen-bond acceptors (Lipinski definition) is 9. The van der Waals surface area contributed by atoms with Gasteiger partial charge in [0.25, 0.3) is 5.91 Å². The fourth-order valence-corrected chi connectivity index (χ4v) is 5.81. The first-order valence-corrected chi connectivity index (χ1v) is 14.9. The number of alkyl halides is 3. The highest BCUT2D eigenvalue weighted by Crippen LogP contribution is 2.38. The largest absolute Gasteiger partial charge is 0.416 e. The van der Waals surface area contributed by atoms with Gasteiger partial charge in [0.1, 0.15) is 0 Å². The Balaban J connectivity index is 1.23. The zero-order chi connectivity index (χ0) is 31.7. The molecule has 3 aliphatic heterocycles. The van der Waals surface area contributed by atoms with Crippen molar-refractivity contribution < 1.29 is 22.7 Å². The molecule has 6 rings (SSSR count). The minimum absolute atomic E-state index is 0.0419. The molecule has 3 aromatic rings. The molecule has 0 aliphatic carbocycles. The molecule has 3 aliphatic rings. The lowest BCUT2D eigenvalue weighted by atomic mass is 10.00. The SMILES string of the molecule is Cc1ccc(NC(=O)c2cc(N3CCN(C)CC3)c(C)c(C(F)(F)F)c2)cc1N1C=C(c2cncc(N3CCOCC3)c2)NN1. The first kappa shape index (κ1) is 30.7. The van der Waals surface area contributed by atoms with Crippen LogP contribution >= 0.6 is 0 Å². The van der Waals surface area contributed by atoms with E-state index in [1.54, 1.807) is 29.4 Å². The number of amides is 1. The second-order valence-electron chi connectivity index (χ2n) is 11.6. The third-order valence-corrected chi connectivity index (χ3v) is 8.50. The summed E-state index contributed by atoms with van der Waals surface area (Å²) in [6.45, 7) is 9.00. The van der Waals surface area contributed by atoms with E-state index in [0.29, 0.717) is 37.7 Å². The maximum Gasteiger partial charge on any atom is 0.416 e. The fourth-order valence-electron chi connectivity index (χ4n) is 5.81. The first-order chi connectivity index (χ1) is 21.6. The molecular formula is C32H37F3N8O2. The molecule has 0 unspecified atom stereocenters. The van der Waals surface area contributed by atoms with Gasteiger partial charge in [-0.1, -0.05) is 6.07 Å². The molecule has 2 aromatic carbocycles. The Bertz CT molecular complexity index is 1600. The summed E-state index contributed by atoms with van der Waals surface area (Å²) in [6, 6.07) is 9.95. The number of rotatable bonds is 6. The molecular weight excluding hydrogens is 585 g/mol. The topological polar surface area (TPSA) is 88.2 Å². The highest BCUT2D eigenvalue weighted by molar-refractivity contribution is 6.05. The summed E-state index contributed by atoms with van der Waals surface area (Å²) in [5.74, 6) is -0.611. The Morgan fingerprint density at radius 2 is 1.69 bits per heavy atom. The summed E-state index contributed by atoms with van der Waals surface area (Å²) in [5.41, 5.74) is 10.9. The molecule has 45 heavy (non-hydrogen) atoms. The van der Waals surface area contributed by atoms with E-state index in [-0.39, 0.29) is 11.1 Å². The van der Waals surface area contributed by atoms with E-state index in [9.17, 15) is 18.0 Å². The Labute approximate surface area is 260 Å². The standard InChI is InChI=1S/C32H37F3N8O2/c1-21-4-5-25(17-29(21)43-20-28(38-39-43)24-14-26(19-36-18-24)41-10-12-45-13-11-41)37-31(44)23-15-27(32(33,34)35)22(2)30(16-23)42-8-6-40(3)7-9-42/h4-5,14-20,38-39H,6-13H2,1-3H3,(H,37,44). The average Bonchev–Trinajstić information content (AvgIpc) is 3.53. The van der Waals surface area contributed by atoms with Crippen LogP contribution in [0.15, 0.2) is 55.0 Å². The molecule has 1 aromatic heterocycles. The van der Waals surface area contributed by atoms with Gasteiger partial charge in [0.05, 0.1) is 42.0 Å². The third kappa shape index (κ3) is 6.70. The number of likely N-dealkylation sites (N-methyl/N-ethyl adjacent to an activating group) is 1. The van der Waals surface area contributed by atoms with Gasteiger partial charge in [0.2, 0.25) is 0 Å². The van der Waals surface area contributed by atoms with Crippen LogP contribution in [0.5, 0.6) is 0 Å². The summed E-state index contributed by atoms with van der Waals surface area (Å²) in [4.78, 5) is 24.1. The smallest absolute Gasteiger partial charge is 0.378 e. The van der Waals surface area contributed by atoms with Crippen molar-refractivity contribution in [3.8, 4) is 0 Å². The molecule has 238 valence electrons.